The Morgan fingerprint density at radius 1 is 1.29 bits per heavy atom. The van der Waals surface area contributed by atoms with Gasteiger partial charge in [0.2, 0.25) is 0 Å². The molecule has 0 aromatic rings. The molecule has 1 fully saturated rings. The summed E-state index contributed by atoms with van der Waals surface area (Å²) in [6.45, 7) is 1.59. The second-order valence-electron chi connectivity index (χ2n) is 5.25. The monoisotopic (exact) mass is 252 g/mol. The van der Waals surface area contributed by atoms with E-state index in [9.17, 15) is 13.2 Å². The number of rotatable bonds is 4. The van der Waals surface area contributed by atoms with E-state index in [0.717, 1.165) is 32.1 Å². The topological polar surface area (TPSA) is 29.3 Å². The lowest BCUT2D eigenvalue weighted by atomic mass is 9.74. The van der Waals surface area contributed by atoms with E-state index in [4.69, 9.17) is 5.73 Å². The van der Waals surface area contributed by atoms with Crippen molar-refractivity contribution in [3.63, 3.8) is 0 Å². The van der Waals surface area contributed by atoms with Crippen LogP contribution >= 0.6 is 0 Å². The molecule has 0 amide bonds. The van der Waals surface area contributed by atoms with E-state index in [0.29, 0.717) is 12.5 Å². The zero-order valence-corrected chi connectivity index (χ0v) is 10.7. The minimum atomic E-state index is -4.14. The van der Waals surface area contributed by atoms with Crippen LogP contribution in [-0.4, -0.2) is 36.8 Å². The maximum atomic E-state index is 12.4. The van der Waals surface area contributed by atoms with Gasteiger partial charge in [0.1, 0.15) is 0 Å². The molecule has 1 aliphatic rings. The number of hydrogen-bond acceptors (Lipinski definition) is 2. The molecule has 1 aliphatic carbocycles. The van der Waals surface area contributed by atoms with Gasteiger partial charge in [0.25, 0.3) is 0 Å². The molecule has 5 heteroatoms. The summed E-state index contributed by atoms with van der Waals surface area (Å²) in [6, 6.07) is 0. The molecule has 0 heterocycles. The summed E-state index contributed by atoms with van der Waals surface area (Å²) in [7, 11) is 1.55. The largest absolute Gasteiger partial charge is 0.401 e. The molecule has 0 unspecified atom stereocenters. The molecule has 0 aromatic carbocycles. The Hall–Kier alpha value is -0.290. The Morgan fingerprint density at radius 2 is 1.82 bits per heavy atom. The van der Waals surface area contributed by atoms with E-state index in [1.807, 2.05) is 0 Å². The highest BCUT2D eigenvalue weighted by Crippen LogP contribution is 2.37. The van der Waals surface area contributed by atoms with Gasteiger partial charge in [-0.25, -0.2) is 0 Å². The van der Waals surface area contributed by atoms with Crippen molar-refractivity contribution in [3.8, 4) is 0 Å². The molecule has 0 spiro atoms. The average Bonchev–Trinajstić information content (AvgIpc) is 2.27. The molecule has 2 N–H and O–H groups in total. The fourth-order valence-electron chi connectivity index (χ4n) is 2.80. The highest BCUT2D eigenvalue weighted by atomic mass is 19.4. The van der Waals surface area contributed by atoms with E-state index >= 15 is 0 Å². The average molecular weight is 252 g/mol. The molecule has 1 saturated carbocycles. The molecule has 102 valence electrons. The first kappa shape index (κ1) is 14.8. The van der Waals surface area contributed by atoms with Crippen LogP contribution in [-0.2, 0) is 0 Å². The standard InChI is InChI=1S/C12H23F3N2/c1-3-10-4-6-11(8-16,7-5-10)17(2)9-12(13,14)15/h10H,3-9,16H2,1-2H3. The summed E-state index contributed by atoms with van der Waals surface area (Å²) in [4.78, 5) is 1.42. The molecule has 1 rings (SSSR count). The number of nitrogens with zero attached hydrogens (tertiary/aromatic N) is 1. The quantitative estimate of drug-likeness (QED) is 0.833. The van der Waals surface area contributed by atoms with Crippen LogP contribution in [0.3, 0.4) is 0 Å². The molecule has 0 aromatic heterocycles. The maximum absolute atomic E-state index is 12.4. The second kappa shape index (κ2) is 5.57. The normalized spacial score (nSPS) is 30.9. The van der Waals surface area contributed by atoms with Crippen molar-refractivity contribution in [3.05, 3.63) is 0 Å². The van der Waals surface area contributed by atoms with E-state index in [1.54, 1.807) is 7.05 Å². The van der Waals surface area contributed by atoms with Gasteiger partial charge in [-0.3, -0.25) is 4.90 Å². The van der Waals surface area contributed by atoms with Crippen molar-refractivity contribution < 1.29 is 13.2 Å². The molecule has 0 atom stereocenters. The smallest absolute Gasteiger partial charge is 0.329 e. The predicted octanol–water partition coefficient (Wildman–Crippen LogP) is 2.78. The van der Waals surface area contributed by atoms with Crippen LogP contribution in [0.25, 0.3) is 0 Å². The fraction of sp³-hybridized carbons (Fsp3) is 1.00. The SMILES string of the molecule is CCC1CCC(CN)(N(C)CC(F)(F)F)CC1. The van der Waals surface area contributed by atoms with Crippen LogP contribution in [0.15, 0.2) is 0 Å². The van der Waals surface area contributed by atoms with Gasteiger partial charge in [-0.15, -0.1) is 0 Å². The maximum Gasteiger partial charge on any atom is 0.401 e. The van der Waals surface area contributed by atoms with Gasteiger partial charge in [0, 0.05) is 12.1 Å². The number of hydrogen-bond donors (Lipinski definition) is 1. The Labute approximate surface area is 101 Å². The van der Waals surface area contributed by atoms with Crippen molar-refractivity contribution in [2.75, 3.05) is 20.1 Å². The number of alkyl halides is 3. The van der Waals surface area contributed by atoms with Crippen LogP contribution in [0.1, 0.15) is 39.0 Å². The molecule has 2 nitrogen and oxygen atoms in total. The minimum absolute atomic E-state index is 0.315. The highest BCUT2D eigenvalue weighted by molar-refractivity contribution is 4.95. The van der Waals surface area contributed by atoms with Gasteiger partial charge in [-0.05, 0) is 38.6 Å². The predicted molar refractivity (Wildman–Crippen MR) is 62.7 cm³/mol. The van der Waals surface area contributed by atoms with Crippen molar-refractivity contribution in [2.45, 2.75) is 50.7 Å². The summed E-state index contributed by atoms with van der Waals surface area (Å²) in [5.74, 6) is 0.661. The van der Waals surface area contributed by atoms with Gasteiger partial charge >= 0.3 is 6.18 Å². The Morgan fingerprint density at radius 3 is 2.18 bits per heavy atom. The zero-order valence-electron chi connectivity index (χ0n) is 10.7. The van der Waals surface area contributed by atoms with E-state index in [1.165, 1.54) is 4.90 Å². The first-order chi connectivity index (χ1) is 7.83. The molecule has 17 heavy (non-hydrogen) atoms. The summed E-state index contributed by atoms with van der Waals surface area (Å²) in [6.07, 6.45) is 0.539. The number of halogens is 3. The van der Waals surface area contributed by atoms with E-state index < -0.39 is 18.3 Å². The fourth-order valence-corrected chi connectivity index (χ4v) is 2.80. The van der Waals surface area contributed by atoms with Gasteiger partial charge in [0.15, 0.2) is 0 Å². The van der Waals surface area contributed by atoms with Gasteiger partial charge in [-0.2, -0.15) is 13.2 Å². The Kier molecular flexibility index (Phi) is 4.84. The number of nitrogens with two attached hydrogens (primary N) is 1. The third-order valence-corrected chi connectivity index (χ3v) is 4.22. The van der Waals surface area contributed by atoms with Gasteiger partial charge in [-0.1, -0.05) is 13.3 Å². The zero-order chi connectivity index (χ0) is 13.1. The number of likely N-dealkylation sites (N-methyl/N-ethyl adjacent to an activating group) is 1. The Bertz CT molecular complexity index is 232. The van der Waals surface area contributed by atoms with Crippen molar-refractivity contribution in [1.82, 2.24) is 4.90 Å². The Balaban J connectivity index is 2.63. The van der Waals surface area contributed by atoms with Gasteiger partial charge in [0.05, 0.1) is 6.54 Å². The van der Waals surface area contributed by atoms with Crippen LogP contribution < -0.4 is 5.73 Å². The van der Waals surface area contributed by atoms with Gasteiger partial charge < -0.3 is 5.73 Å². The lowest BCUT2D eigenvalue weighted by Crippen LogP contribution is -2.56. The summed E-state index contributed by atoms with van der Waals surface area (Å²) in [5.41, 5.74) is 5.29. The van der Waals surface area contributed by atoms with Crippen LogP contribution in [0.5, 0.6) is 0 Å². The second-order valence-corrected chi connectivity index (χ2v) is 5.25. The van der Waals surface area contributed by atoms with Crippen molar-refractivity contribution in [2.24, 2.45) is 11.7 Å². The van der Waals surface area contributed by atoms with Crippen molar-refractivity contribution >= 4 is 0 Å². The molecule has 0 bridgehead atoms. The lowest BCUT2D eigenvalue weighted by Gasteiger charge is -2.46. The lowest BCUT2D eigenvalue weighted by molar-refractivity contribution is -0.157. The third kappa shape index (κ3) is 3.85. The summed E-state index contributed by atoms with van der Waals surface area (Å²) < 4.78 is 37.3. The van der Waals surface area contributed by atoms with Crippen LogP contribution in [0, 0.1) is 5.92 Å². The third-order valence-electron chi connectivity index (χ3n) is 4.22. The molecule has 0 saturated heterocycles. The first-order valence-corrected chi connectivity index (χ1v) is 6.31. The van der Waals surface area contributed by atoms with Crippen LogP contribution in [0.2, 0.25) is 0 Å². The molecular weight excluding hydrogens is 229 g/mol. The molecule has 0 aliphatic heterocycles. The molecule has 0 radical (unpaired) electrons. The minimum Gasteiger partial charge on any atom is -0.329 e. The molecular formula is C12H23F3N2. The summed E-state index contributed by atoms with van der Waals surface area (Å²) >= 11 is 0. The summed E-state index contributed by atoms with van der Waals surface area (Å²) in [5, 5.41) is 0. The van der Waals surface area contributed by atoms with E-state index in [2.05, 4.69) is 6.92 Å². The van der Waals surface area contributed by atoms with Crippen molar-refractivity contribution in [1.29, 1.82) is 0 Å². The van der Waals surface area contributed by atoms with Crippen LogP contribution in [0.4, 0.5) is 13.2 Å². The highest BCUT2D eigenvalue weighted by Gasteiger charge is 2.41. The first-order valence-electron chi connectivity index (χ1n) is 6.31. The van der Waals surface area contributed by atoms with E-state index in [-0.39, 0.29) is 0 Å².